The highest BCUT2D eigenvalue weighted by atomic mass is 79.9. The normalized spacial score (nSPS) is 17.9. The van der Waals surface area contributed by atoms with Crippen LogP contribution in [-0.2, 0) is 14.8 Å². The van der Waals surface area contributed by atoms with Gasteiger partial charge in [0.25, 0.3) is 0 Å². The Bertz CT molecular complexity index is 601. The van der Waals surface area contributed by atoms with Crippen LogP contribution in [0.5, 0.6) is 0 Å². The highest BCUT2D eigenvalue weighted by Crippen LogP contribution is 2.24. The zero-order valence-corrected chi connectivity index (χ0v) is 12.9. The van der Waals surface area contributed by atoms with E-state index in [0.29, 0.717) is 29.5 Å². The van der Waals surface area contributed by atoms with Crippen molar-refractivity contribution in [2.45, 2.75) is 18.2 Å². The van der Waals surface area contributed by atoms with E-state index in [1.54, 1.807) is 25.1 Å². The van der Waals surface area contributed by atoms with Gasteiger partial charge in [0.1, 0.15) is 0 Å². The summed E-state index contributed by atoms with van der Waals surface area (Å²) in [6.45, 7) is 2.50. The van der Waals surface area contributed by atoms with Crippen molar-refractivity contribution < 1.29 is 13.2 Å². The lowest BCUT2D eigenvalue weighted by atomic mass is 10.2. The second kappa shape index (κ2) is 5.60. The molecule has 1 aliphatic heterocycles. The molecule has 1 amide bonds. The van der Waals surface area contributed by atoms with Crippen LogP contribution in [0.25, 0.3) is 0 Å². The molecule has 0 radical (unpaired) electrons. The smallest absolute Gasteiger partial charge is 0.243 e. The third-order valence-corrected chi connectivity index (χ3v) is 5.47. The fourth-order valence-corrected chi connectivity index (χ4v) is 4.17. The molecule has 1 aromatic carbocycles. The van der Waals surface area contributed by atoms with Crippen LogP contribution in [-0.4, -0.2) is 38.3 Å². The zero-order valence-electron chi connectivity index (χ0n) is 10.5. The minimum absolute atomic E-state index is 0.117. The zero-order chi connectivity index (χ0) is 14.0. The Balaban J connectivity index is 2.40. The molecule has 0 atom stereocenters. The lowest BCUT2D eigenvalue weighted by molar-refractivity contribution is -0.120. The topological polar surface area (TPSA) is 66.5 Å². The van der Waals surface area contributed by atoms with Gasteiger partial charge in [0.2, 0.25) is 15.9 Å². The molecule has 1 heterocycles. The SMILES string of the molecule is Cc1ccc(Br)cc1S(=O)(=O)N1CCCNC(=O)C1. The summed E-state index contributed by atoms with van der Waals surface area (Å²) < 4.78 is 27.1. The molecule has 1 aromatic rings. The predicted octanol–water partition coefficient (Wildman–Crippen LogP) is 1.27. The van der Waals surface area contributed by atoms with E-state index >= 15 is 0 Å². The van der Waals surface area contributed by atoms with Crippen LogP contribution in [0.1, 0.15) is 12.0 Å². The van der Waals surface area contributed by atoms with E-state index in [-0.39, 0.29) is 17.3 Å². The molecule has 0 aliphatic carbocycles. The number of nitrogens with zero attached hydrogens (tertiary/aromatic N) is 1. The Morgan fingerprint density at radius 2 is 2.11 bits per heavy atom. The summed E-state index contributed by atoms with van der Waals surface area (Å²) >= 11 is 3.28. The van der Waals surface area contributed by atoms with Gasteiger partial charge in [-0.15, -0.1) is 0 Å². The van der Waals surface area contributed by atoms with Gasteiger partial charge in [-0.3, -0.25) is 4.79 Å². The Morgan fingerprint density at radius 3 is 2.84 bits per heavy atom. The highest BCUT2D eigenvalue weighted by molar-refractivity contribution is 9.10. The van der Waals surface area contributed by atoms with E-state index in [2.05, 4.69) is 21.2 Å². The summed E-state index contributed by atoms with van der Waals surface area (Å²) in [6, 6.07) is 5.12. The number of amides is 1. The Kier molecular flexibility index (Phi) is 4.27. The molecule has 0 spiro atoms. The maximum atomic E-state index is 12.6. The molecule has 0 unspecified atom stereocenters. The van der Waals surface area contributed by atoms with Gasteiger partial charge in [-0.1, -0.05) is 22.0 Å². The lowest BCUT2D eigenvalue weighted by Crippen LogP contribution is -2.37. The van der Waals surface area contributed by atoms with Gasteiger partial charge in [0, 0.05) is 17.6 Å². The molecule has 1 aliphatic rings. The van der Waals surface area contributed by atoms with Gasteiger partial charge in [0.15, 0.2) is 0 Å². The number of sulfonamides is 1. The van der Waals surface area contributed by atoms with Crippen LogP contribution >= 0.6 is 15.9 Å². The van der Waals surface area contributed by atoms with Crippen LogP contribution in [0.4, 0.5) is 0 Å². The molecule has 104 valence electrons. The van der Waals surface area contributed by atoms with E-state index in [9.17, 15) is 13.2 Å². The van der Waals surface area contributed by atoms with Crippen molar-refractivity contribution in [1.29, 1.82) is 0 Å². The summed E-state index contributed by atoms with van der Waals surface area (Å²) in [4.78, 5) is 11.7. The molecule has 1 N–H and O–H groups in total. The van der Waals surface area contributed by atoms with E-state index < -0.39 is 10.0 Å². The first-order valence-electron chi connectivity index (χ1n) is 5.94. The Hall–Kier alpha value is -0.920. The van der Waals surface area contributed by atoms with Crippen LogP contribution in [0.15, 0.2) is 27.6 Å². The molecule has 2 rings (SSSR count). The third-order valence-electron chi connectivity index (χ3n) is 2.99. The first-order valence-corrected chi connectivity index (χ1v) is 8.17. The monoisotopic (exact) mass is 346 g/mol. The van der Waals surface area contributed by atoms with Crippen molar-refractivity contribution in [2.24, 2.45) is 0 Å². The van der Waals surface area contributed by atoms with E-state index in [4.69, 9.17) is 0 Å². The minimum Gasteiger partial charge on any atom is -0.355 e. The van der Waals surface area contributed by atoms with Gasteiger partial charge in [-0.25, -0.2) is 8.42 Å². The van der Waals surface area contributed by atoms with Crippen LogP contribution in [0.3, 0.4) is 0 Å². The fourth-order valence-electron chi connectivity index (χ4n) is 1.97. The van der Waals surface area contributed by atoms with Crippen molar-refractivity contribution in [1.82, 2.24) is 9.62 Å². The van der Waals surface area contributed by atoms with Crippen molar-refractivity contribution in [3.63, 3.8) is 0 Å². The molecule has 5 nitrogen and oxygen atoms in total. The number of carbonyl (C=O) groups is 1. The van der Waals surface area contributed by atoms with Gasteiger partial charge < -0.3 is 5.32 Å². The maximum absolute atomic E-state index is 12.6. The number of nitrogens with one attached hydrogen (secondary N) is 1. The number of aryl methyl sites for hydroxylation is 1. The average Bonchev–Trinajstić information content (AvgIpc) is 2.57. The molecule has 0 saturated carbocycles. The first-order chi connectivity index (χ1) is 8.91. The predicted molar refractivity (Wildman–Crippen MR) is 75.3 cm³/mol. The molecule has 0 bridgehead atoms. The number of rotatable bonds is 2. The Labute approximate surface area is 121 Å². The van der Waals surface area contributed by atoms with Crippen LogP contribution in [0.2, 0.25) is 0 Å². The summed E-state index contributed by atoms with van der Waals surface area (Å²) in [7, 11) is -3.63. The molecule has 19 heavy (non-hydrogen) atoms. The van der Waals surface area contributed by atoms with Gasteiger partial charge in [-0.2, -0.15) is 4.31 Å². The number of hydrogen-bond acceptors (Lipinski definition) is 3. The van der Waals surface area contributed by atoms with Crippen LogP contribution < -0.4 is 5.32 Å². The summed E-state index contributed by atoms with van der Waals surface area (Å²) in [5.74, 6) is -0.256. The van der Waals surface area contributed by atoms with Crippen molar-refractivity contribution in [3.8, 4) is 0 Å². The van der Waals surface area contributed by atoms with Crippen LogP contribution in [0, 0.1) is 6.92 Å². The summed E-state index contributed by atoms with van der Waals surface area (Å²) in [6.07, 6.45) is 0.623. The average molecular weight is 347 g/mol. The van der Waals surface area contributed by atoms with Gasteiger partial charge in [-0.05, 0) is 31.0 Å². The summed E-state index contributed by atoms with van der Waals surface area (Å²) in [5, 5.41) is 2.67. The van der Waals surface area contributed by atoms with Gasteiger partial charge >= 0.3 is 0 Å². The van der Waals surface area contributed by atoms with E-state index in [1.807, 2.05) is 0 Å². The number of benzene rings is 1. The molecule has 7 heteroatoms. The van der Waals surface area contributed by atoms with E-state index in [0.717, 1.165) is 0 Å². The minimum atomic E-state index is -3.63. The molecule has 1 fully saturated rings. The number of halogens is 1. The summed E-state index contributed by atoms with van der Waals surface area (Å²) in [5.41, 5.74) is 0.674. The van der Waals surface area contributed by atoms with E-state index in [1.165, 1.54) is 4.31 Å². The van der Waals surface area contributed by atoms with Crippen molar-refractivity contribution in [2.75, 3.05) is 19.6 Å². The highest BCUT2D eigenvalue weighted by Gasteiger charge is 2.29. The quantitative estimate of drug-likeness (QED) is 0.876. The number of hydrogen-bond donors (Lipinski definition) is 1. The lowest BCUT2D eigenvalue weighted by Gasteiger charge is -2.20. The largest absolute Gasteiger partial charge is 0.355 e. The number of carbonyl (C=O) groups excluding carboxylic acids is 1. The Morgan fingerprint density at radius 1 is 1.37 bits per heavy atom. The second-order valence-corrected chi connectivity index (χ2v) is 7.27. The first kappa shape index (κ1) is 14.5. The van der Waals surface area contributed by atoms with Crippen molar-refractivity contribution in [3.05, 3.63) is 28.2 Å². The maximum Gasteiger partial charge on any atom is 0.243 e. The molecular weight excluding hydrogens is 332 g/mol. The second-order valence-electron chi connectivity index (χ2n) is 4.45. The molecular formula is C12H15BrN2O3S. The third kappa shape index (κ3) is 3.16. The molecule has 0 aromatic heterocycles. The standard InChI is InChI=1S/C12H15BrN2O3S/c1-9-3-4-10(13)7-11(9)19(17,18)15-6-2-5-14-12(16)8-15/h3-4,7H,2,5-6,8H2,1H3,(H,14,16). The fraction of sp³-hybridized carbons (Fsp3) is 0.417. The molecule has 1 saturated heterocycles. The van der Waals surface area contributed by atoms with Crippen molar-refractivity contribution >= 4 is 31.9 Å². The van der Waals surface area contributed by atoms with Gasteiger partial charge in [0.05, 0.1) is 11.4 Å².